The molecule has 0 bridgehead atoms. The van der Waals surface area contributed by atoms with Crippen LogP contribution in [0.5, 0.6) is 0 Å². The molecule has 0 spiro atoms. The molecule has 4 rings (SSSR count). The lowest BCUT2D eigenvalue weighted by atomic mass is 10.1. The quantitative estimate of drug-likeness (QED) is 0.552. The second-order valence-corrected chi connectivity index (χ2v) is 6.46. The number of aryl methyl sites for hydroxylation is 1. The van der Waals surface area contributed by atoms with E-state index in [2.05, 4.69) is 32.5 Å². The molecule has 0 aliphatic rings. The molecule has 29 heavy (non-hydrogen) atoms. The largest absolute Gasteiger partial charge is 0.345 e. The Balaban J connectivity index is 1.70. The minimum absolute atomic E-state index is 0.244. The van der Waals surface area contributed by atoms with Gasteiger partial charge in [-0.3, -0.25) is 14.8 Å². The second kappa shape index (κ2) is 8.43. The number of aromatic nitrogens is 5. The van der Waals surface area contributed by atoms with Gasteiger partial charge in [-0.2, -0.15) is 0 Å². The van der Waals surface area contributed by atoms with E-state index >= 15 is 0 Å². The number of carbonyl (C=O) groups is 1. The van der Waals surface area contributed by atoms with Gasteiger partial charge < -0.3 is 5.32 Å². The number of rotatable bonds is 6. The van der Waals surface area contributed by atoms with Crippen molar-refractivity contribution in [2.75, 3.05) is 0 Å². The number of amides is 1. The zero-order valence-electron chi connectivity index (χ0n) is 16.0. The van der Waals surface area contributed by atoms with E-state index in [1.807, 2.05) is 54.6 Å². The Morgan fingerprint density at radius 3 is 2.59 bits per heavy atom. The maximum atomic E-state index is 12.9. The molecule has 0 atom stereocenters. The van der Waals surface area contributed by atoms with Gasteiger partial charge in [0.2, 0.25) is 0 Å². The predicted molar refractivity (Wildman–Crippen MR) is 109 cm³/mol. The molecule has 0 saturated carbocycles. The van der Waals surface area contributed by atoms with Crippen LogP contribution in [0.3, 0.4) is 0 Å². The first-order valence-electron chi connectivity index (χ1n) is 9.39. The molecule has 144 valence electrons. The van der Waals surface area contributed by atoms with Crippen LogP contribution in [0.1, 0.15) is 28.7 Å². The van der Waals surface area contributed by atoms with Gasteiger partial charge in [0.15, 0.2) is 5.69 Å². The minimum Gasteiger partial charge on any atom is -0.345 e. The molecule has 0 saturated heterocycles. The fourth-order valence-electron chi connectivity index (χ4n) is 3.01. The van der Waals surface area contributed by atoms with E-state index in [0.717, 1.165) is 23.4 Å². The summed E-state index contributed by atoms with van der Waals surface area (Å²) in [7, 11) is 0. The van der Waals surface area contributed by atoms with E-state index in [4.69, 9.17) is 0 Å². The standard InChI is InChI=1S/C22H20N6O/c1-2-16-8-10-19(11-9-16)28-21(17-6-5-12-23-14-17)20(26-27-28)22(29)25-15-18-7-3-4-13-24-18/h3-14H,2,15H2,1H3,(H,25,29). The third kappa shape index (κ3) is 4.03. The van der Waals surface area contributed by atoms with Gasteiger partial charge in [-0.1, -0.05) is 30.3 Å². The van der Waals surface area contributed by atoms with Crippen molar-refractivity contribution < 1.29 is 4.79 Å². The average molecular weight is 384 g/mol. The van der Waals surface area contributed by atoms with Crippen LogP contribution in [0.25, 0.3) is 16.9 Å². The third-order valence-electron chi connectivity index (χ3n) is 4.57. The Hall–Kier alpha value is -3.87. The molecule has 1 aromatic carbocycles. The molecule has 3 heterocycles. The molecule has 0 unspecified atom stereocenters. The van der Waals surface area contributed by atoms with Crippen molar-refractivity contribution in [2.24, 2.45) is 0 Å². The summed E-state index contributed by atoms with van der Waals surface area (Å²) in [5.41, 5.74) is 4.43. The Morgan fingerprint density at radius 1 is 1.03 bits per heavy atom. The summed E-state index contributed by atoms with van der Waals surface area (Å²) in [4.78, 5) is 21.3. The molecular weight excluding hydrogens is 364 g/mol. The van der Waals surface area contributed by atoms with Crippen LogP contribution in [-0.4, -0.2) is 30.9 Å². The van der Waals surface area contributed by atoms with Crippen molar-refractivity contribution >= 4 is 5.91 Å². The summed E-state index contributed by atoms with van der Waals surface area (Å²) in [5.74, 6) is -0.314. The molecule has 0 radical (unpaired) electrons. The molecule has 4 aromatic rings. The van der Waals surface area contributed by atoms with Crippen LogP contribution in [0.4, 0.5) is 0 Å². The first kappa shape index (κ1) is 18.5. The predicted octanol–water partition coefficient (Wildman–Crippen LogP) is 3.22. The van der Waals surface area contributed by atoms with Crippen molar-refractivity contribution in [3.05, 3.63) is 90.1 Å². The van der Waals surface area contributed by atoms with E-state index < -0.39 is 0 Å². The van der Waals surface area contributed by atoms with Gasteiger partial charge in [-0.15, -0.1) is 5.10 Å². The van der Waals surface area contributed by atoms with Crippen LogP contribution in [-0.2, 0) is 13.0 Å². The fraction of sp³-hybridized carbons (Fsp3) is 0.136. The highest BCUT2D eigenvalue weighted by Crippen LogP contribution is 2.25. The number of nitrogens with zero attached hydrogens (tertiary/aromatic N) is 5. The van der Waals surface area contributed by atoms with Crippen molar-refractivity contribution in [3.8, 4) is 16.9 Å². The molecule has 7 nitrogen and oxygen atoms in total. The molecule has 3 aromatic heterocycles. The Labute approximate surface area is 168 Å². The van der Waals surface area contributed by atoms with Gasteiger partial charge >= 0.3 is 0 Å². The van der Waals surface area contributed by atoms with E-state index in [9.17, 15) is 4.79 Å². The van der Waals surface area contributed by atoms with Gasteiger partial charge in [-0.05, 0) is 48.4 Å². The molecule has 1 amide bonds. The van der Waals surface area contributed by atoms with E-state index in [1.165, 1.54) is 5.56 Å². The van der Waals surface area contributed by atoms with Gasteiger partial charge in [0.1, 0.15) is 5.69 Å². The van der Waals surface area contributed by atoms with E-state index in [1.54, 1.807) is 23.3 Å². The summed E-state index contributed by atoms with van der Waals surface area (Å²) in [6, 6.07) is 17.3. The summed E-state index contributed by atoms with van der Waals surface area (Å²) < 4.78 is 1.67. The molecular formula is C22H20N6O. The Kier molecular flexibility index (Phi) is 5.38. The average Bonchev–Trinajstić information content (AvgIpc) is 3.24. The van der Waals surface area contributed by atoms with Crippen molar-refractivity contribution in [1.82, 2.24) is 30.3 Å². The van der Waals surface area contributed by atoms with Crippen LogP contribution in [0.15, 0.2) is 73.2 Å². The lowest BCUT2D eigenvalue weighted by Gasteiger charge is -2.09. The smallest absolute Gasteiger partial charge is 0.274 e. The summed E-state index contributed by atoms with van der Waals surface area (Å²) >= 11 is 0. The number of nitrogens with one attached hydrogen (secondary N) is 1. The van der Waals surface area contributed by atoms with Crippen LogP contribution in [0, 0.1) is 0 Å². The molecule has 0 fully saturated rings. The lowest BCUT2D eigenvalue weighted by Crippen LogP contribution is -2.24. The maximum absolute atomic E-state index is 12.9. The molecule has 0 aliphatic heterocycles. The summed E-state index contributed by atoms with van der Waals surface area (Å²) in [6.45, 7) is 2.42. The first-order chi connectivity index (χ1) is 14.3. The van der Waals surface area contributed by atoms with Gasteiger partial charge in [-0.25, -0.2) is 4.68 Å². The number of hydrogen-bond acceptors (Lipinski definition) is 5. The normalized spacial score (nSPS) is 10.7. The fourth-order valence-corrected chi connectivity index (χ4v) is 3.01. The van der Waals surface area contributed by atoms with Crippen LogP contribution in [0.2, 0.25) is 0 Å². The molecule has 7 heteroatoms. The van der Waals surface area contributed by atoms with Crippen LogP contribution < -0.4 is 5.32 Å². The van der Waals surface area contributed by atoms with Gasteiger partial charge in [0.25, 0.3) is 5.91 Å². The number of benzene rings is 1. The maximum Gasteiger partial charge on any atom is 0.274 e. The van der Waals surface area contributed by atoms with Crippen molar-refractivity contribution in [2.45, 2.75) is 19.9 Å². The van der Waals surface area contributed by atoms with Gasteiger partial charge in [0, 0.05) is 24.2 Å². The number of carbonyl (C=O) groups excluding carboxylic acids is 1. The summed E-state index contributed by atoms with van der Waals surface area (Å²) in [5, 5.41) is 11.3. The second-order valence-electron chi connectivity index (χ2n) is 6.46. The zero-order chi connectivity index (χ0) is 20.1. The van der Waals surface area contributed by atoms with E-state index in [0.29, 0.717) is 12.2 Å². The van der Waals surface area contributed by atoms with Crippen LogP contribution >= 0.6 is 0 Å². The SMILES string of the molecule is CCc1ccc(-n2nnc(C(=O)NCc3ccccn3)c2-c2cccnc2)cc1. The Bertz CT molecular complexity index is 1090. The minimum atomic E-state index is -0.314. The monoisotopic (exact) mass is 384 g/mol. The highest BCUT2D eigenvalue weighted by molar-refractivity contribution is 5.98. The van der Waals surface area contributed by atoms with Gasteiger partial charge in [0.05, 0.1) is 17.9 Å². The zero-order valence-corrected chi connectivity index (χ0v) is 16.0. The third-order valence-corrected chi connectivity index (χ3v) is 4.57. The van der Waals surface area contributed by atoms with Crippen molar-refractivity contribution in [3.63, 3.8) is 0 Å². The summed E-state index contributed by atoms with van der Waals surface area (Å²) in [6.07, 6.45) is 6.03. The van der Waals surface area contributed by atoms with E-state index in [-0.39, 0.29) is 11.6 Å². The number of pyridine rings is 2. The van der Waals surface area contributed by atoms with Crippen molar-refractivity contribution in [1.29, 1.82) is 0 Å². The lowest BCUT2D eigenvalue weighted by molar-refractivity contribution is 0.0946. The Morgan fingerprint density at radius 2 is 1.90 bits per heavy atom. The first-order valence-corrected chi connectivity index (χ1v) is 9.39. The highest BCUT2D eigenvalue weighted by Gasteiger charge is 2.22. The molecule has 1 N–H and O–H groups in total. The molecule has 0 aliphatic carbocycles. The topological polar surface area (TPSA) is 85.6 Å². The highest BCUT2D eigenvalue weighted by atomic mass is 16.2. The number of hydrogen-bond donors (Lipinski definition) is 1.